The molecule has 1 aliphatic carbocycles. The van der Waals surface area contributed by atoms with Crippen molar-refractivity contribution in [2.24, 2.45) is 5.92 Å². The van der Waals surface area contributed by atoms with Gasteiger partial charge in [-0.05, 0) is 31.2 Å². The summed E-state index contributed by atoms with van der Waals surface area (Å²) in [5, 5.41) is 12.6. The van der Waals surface area contributed by atoms with Crippen LogP contribution in [0.15, 0.2) is 18.5 Å². The predicted octanol–water partition coefficient (Wildman–Crippen LogP) is 3.55. The van der Waals surface area contributed by atoms with Crippen LogP contribution in [0.1, 0.15) is 55.8 Å². The molecule has 1 aromatic rings. The first-order valence-electron chi connectivity index (χ1n) is 7.16. The Morgan fingerprint density at radius 1 is 1.47 bits per heavy atom. The van der Waals surface area contributed by atoms with Crippen molar-refractivity contribution in [2.45, 2.75) is 51.5 Å². The van der Waals surface area contributed by atoms with Crippen LogP contribution in [0.5, 0.6) is 0 Å². The van der Waals surface area contributed by atoms with Crippen LogP contribution in [0, 0.1) is 5.92 Å². The molecule has 0 spiro atoms. The third-order valence-electron chi connectivity index (χ3n) is 4.05. The quantitative estimate of drug-likeness (QED) is 0.851. The van der Waals surface area contributed by atoms with Gasteiger partial charge in [-0.1, -0.05) is 26.2 Å². The lowest BCUT2D eigenvalue weighted by Crippen LogP contribution is -2.30. The lowest BCUT2D eigenvalue weighted by atomic mass is 9.83. The molecule has 0 aliphatic heterocycles. The van der Waals surface area contributed by atoms with E-state index in [9.17, 15) is 9.90 Å². The second kappa shape index (κ2) is 6.55. The van der Waals surface area contributed by atoms with Gasteiger partial charge in [0, 0.05) is 12.2 Å². The van der Waals surface area contributed by atoms with Crippen molar-refractivity contribution in [3.63, 3.8) is 0 Å². The van der Waals surface area contributed by atoms with E-state index in [1.807, 2.05) is 0 Å². The second-order valence-corrected chi connectivity index (χ2v) is 5.28. The number of nitrogens with zero attached hydrogens (tertiary/aromatic N) is 1. The molecule has 1 atom stereocenters. The van der Waals surface area contributed by atoms with Gasteiger partial charge >= 0.3 is 5.97 Å². The summed E-state index contributed by atoms with van der Waals surface area (Å²) in [5.74, 6) is -0.246. The highest BCUT2D eigenvalue weighted by Crippen LogP contribution is 2.30. The molecule has 0 bridgehead atoms. The first-order valence-corrected chi connectivity index (χ1v) is 7.16. The summed E-state index contributed by atoms with van der Waals surface area (Å²) in [6, 6.07) is 1.90. The van der Waals surface area contributed by atoms with E-state index < -0.39 is 5.97 Å². The van der Waals surface area contributed by atoms with Crippen LogP contribution in [-0.2, 0) is 0 Å². The Balaban J connectivity index is 2.11. The average Bonchev–Trinajstić information content (AvgIpc) is 2.46. The number of aromatic nitrogens is 1. The van der Waals surface area contributed by atoms with E-state index in [1.54, 1.807) is 12.3 Å². The fourth-order valence-electron chi connectivity index (χ4n) is 2.99. The molecule has 1 fully saturated rings. The van der Waals surface area contributed by atoms with Crippen LogP contribution >= 0.6 is 0 Å². The van der Waals surface area contributed by atoms with Gasteiger partial charge in [0.2, 0.25) is 0 Å². The highest BCUT2D eigenvalue weighted by molar-refractivity contribution is 5.93. The van der Waals surface area contributed by atoms with Crippen LogP contribution < -0.4 is 5.32 Å². The van der Waals surface area contributed by atoms with Gasteiger partial charge in [0.1, 0.15) is 0 Å². The van der Waals surface area contributed by atoms with Crippen LogP contribution in [0.2, 0.25) is 0 Å². The van der Waals surface area contributed by atoms with Crippen LogP contribution in [0.4, 0.5) is 5.69 Å². The topological polar surface area (TPSA) is 62.2 Å². The van der Waals surface area contributed by atoms with Crippen molar-refractivity contribution in [2.75, 3.05) is 5.32 Å². The largest absolute Gasteiger partial charge is 0.478 e. The number of hydrogen-bond donors (Lipinski definition) is 2. The number of pyridine rings is 1. The minimum absolute atomic E-state index is 0.309. The van der Waals surface area contributed by atoms with Crippen molar-refractivity contribution < 1.29 is 9.90 Å². The Bertz CT molecular complexity index is 428. The van der Waals surface area contributed by atoms with Gasteiger partial charge in [0.25, 0.3) is 0 Å². The number of anilines is 1. The summed E-state index contributed by atoms with van der Waals surface area (Å²) in [5.41, 5.74) is 0.955. The number of carboxylic acids is 1. The van der Waals surface area contributed by atoms with E-state index in [1.165, 1.54) is 38.3 Å². The fourth-order valence-corrected chi connectivity index (χ4v) is 2.99. The zero-order chi connectivity index (χ0) is 13.7. The monoisotopic (exact) mass is 262 g/mol. The lowest BCUT2D eigenvalue weighted by Gasteiger charge is -2.31. The van der Waals surface area contributed by atoms with Gasteiger partial charge in [0.05, 0.1) is 17.4 Å². The first-order chi connectivity index (χ1) is 9.22. The highest BCUT2D eigenvalue weighted by Gasteiger charge is 2.23. The Morgan fingerprint density at radius 2 is 2.21 bits per heavy atom. The standard InChI is InChI=1S/C15H22N2O2/c1-2-13(11-6-4-3-5-7-11)17-14-10-16-9-8-12(14)15(18)19/h8-11,13,17H,2-7H2,1H3,(H,18,19). The van der Waals surface area contributed by atoms with Gasteiger partial charge in [-0.15, -0.1) is 0 Å². The summed E-state index contributed by atoms with van der Waals surface area (Å²) in [6.45, 7) is 2.16. The molecule has 19 heavy (non-hydrogen) atoms. The molecule has 0 aromatic carbocycles. The summed E-state index contributed by atoms with van der Waals surface area (Å²) >= 11 is 0. The van der Waals surface area contributed by atoms with E-state index in [0.717, 1.165) is 6.42 Å². The summed E-state index contributed by atoms with van der Waals surface area (Å²) < 4.78 is 0. The molecule has 0 radical (unpaired) electrons. The first kappa shape index (κ1) is 13.8. The van der Waals surface area contributed by atoms with Gasteiger partial charge in [-0.3, -0.25) is 4.98 Å². The Kier molecular flexibility index (Phi) is 4.77. The van der Waals surface area contributed by atoms with Crippen molar-refractivity contribution in [1.29, 1.82) is 0 Å². The minimum atomic E-state index is -0.900. The van der Waals surface area contributed by atoms with Crippen molar-refractivity contribution >= 4 is 11.7 Å². The zero-order valence-corrected chi connectivity index (χ0v) is 11.4. The number of nitrogens with one attached hydrogen (secondary N) is 1. The highest BCUT2D eigenvalue weighted by atomic mass is 16.4. The van der Waals surface area contributed by atoms with E-state index >= 15 is 0 Å². The maximum atomic E-state index is 11.2. The molecule has 1 aromatic heterocycles. The molecule has 1 saturated carbocycles. The minimum Gasteiger partial charge on any atom is -0.478 e. The maximum absolute atomic E-state index is 11.2. The maximum Gasteiger partial charge on any atom is 0.337 e. The second-order valence-electron chi connectivity index (χ2n) is 5.28. The molecule has 1 unspecified atom stereocenters. The number of hydrogen-bond acceptors (Lipinski definition) is 3. The Morgan fingerprint density at radius 3 is 2.84 bits per heavy atom. The SMILES string of the molecule is CCC(Nc1cnccc1C(=O)O)C1CCCCC1. The third kappa shape index (κ3) is 3.46. The molecular formula is C15H22N2O2. The average molecular weight is 262 g/mol. The lowest BCUT2D eigenvalue weighted by molar-refractivity contribution is 0.0697. The van der Waals surface area contributed by atoms with Gasteiger partial charge in [-0.2, -0.15) is 0 Å². The molecule has 4 heteroatoms. The number of aromatic carboxylic acids is 1. The Labute approximate surface area is 114 Å². The van der Waals surface area contributed by atoms with Crippen molar-refractivity contribution in [1.82, 2.24) is 4.98 Å². The summed E-state index contributed by atoms with van der Waals surface area (Å²) in [7, 11) is 0. The van der Waals surface area contributed by atoms with Crippen molar-refractivity contribution in [3.05, 3.63) is 24.0 Å². The fraction of sp³-hybridized carbons (Fsp3) is 0.600. The molecule has 104 valence electrons. The van der Waals surface area contributed by atoms with Gasteiger partial charge in [0.15, 0.2) is 0 Å². The molecule has 4 nitrogen and oxygen atoms in total. The van der Waals surface area contributed by atoms with Gasteiger partial charge < -0.3 is 10.4 Å². The summed E-state index contributed by atoms with van der Waals surface area (Å²) in [6.07, 6.45) is 10.6. The van der Waals surface area contributed by atoms with Crippen molar-refractivity contribution in [3.8, 4) is 0 Å². The normalized spacial score (nSPS) is 17.9. The van der Waals surface area contributed by atoms with Crippen LogP contribution in [-0.4, -0.2) is 22.1 Å². The molecule has 2 N–H and O–H groups in total. The van der Waals surface area contributed by atoms with Crippen LogP contribution in [0.3, 0.4) is 0 Å². The number of carboxylic acid groups (broad SMARTS) is 1. The molecule has 0 saturated heterocycles. The molecule has 0 amide bonds. The van der Waals surface area contributed by atoms with E-state index in [-0.39, 0.29) is 0 Å². The molecule has 1 heterocycles. The Hall–Kier alpha value is -1.58. The number of rotatable bonds is 5. The molecule has 1 aliphatic rings. The van der Waals surface area contributed by atoms with E-state index in [4.69, 9.17) is 0 Å². The molecular weight excluding hydrogens is 240 g/mol. The van der Waals surface area contributed by atoms with Gasteiger partial charge in [-0.25, -0.2) is 4.79 Å². The molecule has 2 rings (SSSR count). The predicted molar refractivity (Wildman–Crippen MR) is 75.5 cm³/mol. The zero-order valence-electron chi connectivity index (χ0n) is 11.4. The van der Waals surface area contributed by atoms with E-state index in [0.29, 0.717) is 23.2 Å². The van der Waals surface area contributed by atoms with Crippen LogP contribution in [0.25, 0.3) is 0 Å². The smallest absolute Gasteiger partial charge is 0.337 e. The third-order valence-corrected chi connectivity index (χ3v) is 4.05. The summed E-state index contributed by atoms with van der Waals surface area (Å²) in [4.78, 5) is 15.2. The van der Waals surface area contributed by atoms with E-state index in [2.05, 4.69) is 17.2 Å². The number of carbonyl (C=O) groups is 1.